The van der Waals surface area contributed by atoms with Gasteiger partial charge in [0.15, 0.2) is 0 Å². The van der Waals surface area contributed by atoms with E-state index in [1.54, 1.807) is 18.2 Å². The zero-order chi connectivity index (χ0) is 13.0. The summed E-state index contributed by atoms with van der Waals surface area (Å²) < 4.78 is 5.37. The van der Waals surface area contributed by atoms with Crippen LogP contribution < -0.4 is 5.32 Å². The molecule has 1 heterocycles. The van der Waals surface area contributed by atoms with Crippen molar-refractivity contribution in [1.82, 2.24) is 5.32 Å². The maximum absolute atomic E-state index is 10.1. The van der Waals surface area contributed by atoms with Crippen molar-refractivity contribution in [3.63, 3.8) is 0 Å². The van der Waals surface area contributed by atoms with Gasteiger partial charge in [0.1, 0.15) is 0 Å². The van der Waals surface area contributed by atoms with E-state index >= 15 is 0 Å². The number of nitrogens with one attached hydrogen (secondary N) is 1. The van der Waals surface area contributed by atoms with Crippen molar-refractivity contribution >= 4 is 23.2 Å². The summed E-state index contributed by atoms with van der Waals surface area (Å²) in [5, 5.41) is 14.5. The number of aliphatic hydroxyl groups is 1. The molecule has 5 heteroatoms. The van der Waals surface area contributed by atoms with Gasteiger partial charge in [-0.25, -0.2) is 0 Å². The molecule has 1 fully saturated rings. The van der Waals surface area contributed by atoms with Gasteiger partial charge < -0.3 is 15.2 Å². The molecule has 0 spiro atoms. The quantitative estimate of drug-likeness (QED) is 0.896. The molecule has 100 valence electrons. The molecule has 1 aromatic carbocycles. The van der Waals surface area contributed by atoms with Crippen LogP contribution in [0.25, 0.3) is 0 Å². The van der Waals surface area contributed by atoms with Gasteiger partial charge in [-0.15, -0.1) is 0 Å². The standard InChI is InChI=1S/C13H17Cl2NO2/c14-9-3-4-12(15)11(6-9)13(17)7-16-10-2-1-5-18-8-10/h3-4,6,10,13,16-17H,1-2,5,7-8H2. The summed E-state index contributed by atoms with van der Waals surface area (Å²) in [4.78, 5) is 0. The average molecular weight is 290 g/mol. The lowest BCUT2D eigenvalue weighted by Gasteiger charge is -2.24. The van der Waals surface area contributed by atoms with E-state index in [4.69, 9.17) is 27.9 Å². The zero-order valence-electron chi connectivity index (χ0n) is 10.0. The van der Waals surface area contributed by atoms with Gasteiger partial charge in [-0.2, -0.15) is 0 Å². The fourth-order valence-electron chi connectivity index (χ4n) is 2.06. The summed E-state index contributed by atoms with van der Waals surface area (Å²) in [6.07, 6.45) is 1.49. The second-order valence-electron chi connectivity index (χ2n) is 4.50. The molecule has 0 saturated carbocycles. The summed E-state index contributed by atoms with van der Waals surface area (Å²) in [6.45, 7) is 1.99. The van der Waals surface area contributed by atoms with Gasteiger partial charge in [-0.05, 0) is 31.0 Å². The SMILES string of the molecule is OC(CNC1CCCOC1)c1cc(Cl)ccc1Cl. The molecule has 1 aromatic rings. The van der Waals surface area contributed by atoms with Crippen LogP contribution in [-0.2, 0) is 4.74 Å². The highest BCUT2D eigenvalue weighted by Crippen LogP contribution is 2.26. The molecule has 0 aromatic heterocycles. The third-order valence-electron chi connectivity index (χ3n) is 3.08. The second-order valence-corrected chi connectivity index (χ2v) is 5.35. The summed E-state index contributed by atoms with van der Waals surface area (Å²) in [7, 11) is 0. The van der Waals surface area contributed by atoms with Crippen LogP contribution in [0.2, 0.25) is 10.0 Å². The van der Waals surface area contributed by atoms with Gasteiger partial charge in [0.25, 0.3) is 0 Å². The fraction of sp³-hybridized carbons (Fsp3) is 0.538. The van der Waals surface area contributed by atoms with Crippen LogP contribution in [0.1, 0.15) is 24.5 Å². The van der Waals surface area contributed by atoms with Crippen molar-refractivity contribution in [2.45, 2.75) is 25.0 Å². The van der Waals surface area contributed by atoms with Gasteiger partial charge >= 0.3 is 0 Å². The van der Waals surface area contributed by atoms with E-state index in [-0.39, 0.29) is 0 Å². The Morgan fingerprint density at radius 1 is 1.44 bits per heavy atom. The predicted octanol–water partition coefficient (Wildman–Crippen LogP) is 2.80. The average Bonchev–Trinajstić information content (AvgIpc) is 2.40. The molecular weight excluding hydrogens is 273 g/mol. The Kier molecular flexibility index (Phi) is 5.27. The van der Waals surface area contributed by atoms with Gasteiger partial charge in [0.2, 0.25) is 0 Å². The van der Waals surface area contributed by atoms with Crippen LogP contribution in [0, 0.1) is 0 Å². The molecule has 0 amide bonds. The van der Waals surface area contributed by atoms with Gasteiger partial charge in [0, 0.05) is 34.8 Å². The Morgan fingerprint density at radius 2 is 2.28 bits per heavy atom. The number of rotatable bonds is 4. The van der Waals surface area contributed by atoms with Crippen molar-refractivity contribution in [3.05, 3.63) is 33.8 Å². The normalized spacial score (nSPS) is 21.8. The first kappa shape index (κ1) is 14.1. The molecule has 1 aliphatic heterocycles. The first-order valence-corrected chi connectivity index (χ1v) is 6.86. The maximum atomic E-state index is 10.1. The lowest BCUT2D eigenvalue weighted by Crippen LogP contribution is -2.39. The predicted molar refractivity (Wildman–Crippen MR) is 73.3 cm³/mol. The van der Waals surface area contributed by atoms with Crippen molar-refractivity contribution in [1.29, 1.82) is 0 Å². The Balaban J connectivity index is 1.90. The maximum Gasteiger partial charge on any atom is 0.0929 e. The second kappa shape index (κ2) is 6.73. The molecule has 1 saturated heterocycles. The van der Waals surface area contributed by atoms with Crippen LogP contribution in [0.3, 0.4) is 0 Å². The monoisotopic (exact) mass is 289 g/mol. The van der Waals surface area contributed by atoms with Crippen LogP contribution in [0.5, 0.6) is 0 Å². The molecule has 0 aliphatic carbocycles. The first-order valence-electron chi connectivity index (χ1n) is 6.11. The minimum atomic E-state index is -0.655. The molecule has 18 heavy (non-hydrogen) atoms. The third-order valence-corrected chi connectivity index (χ3v) is 3.66. The van der Waals surface area contributed by atoms with Crippen LogP contribution in [-0.4, -0.2) is 30.9 Å². The number of benzene rings is 1. The van der Waals surface area contributed by atoms with Crippen molar-refractivity contribution < 1.29 is 9.84 Å². The van der Waals surface area contributed by atoms with Gasteiger partial charge in [-0.1, -0.05) is 23.2 Å². The minimum absolute atomic E-state index is 0.311. The topological polar surface area (TPSA) is 41.5 Å². The third kappa shape index (κ3) is 3.84. The Labute approximate surface area is 117 Å². The van der Waals surface area contributed by atoms with Crippen LogP contribution in [0.15, 0.2) is 18.2 Å². The summed E-state index contributed by atoms with van der Waals surface area (Å²) in [6, 6.07) is 5.42. The van der Waals surface area contributed by atoms with E-state index in [0.29, 0.717) is 34.8 Å². The zero-order valence-corrected chi connectivity index (χ0v) is 11.5. The van der Waals surface area contributed by atoms with E-state index in [9.17, 15) is 5.11 Å². The Morgan fingerprint density at radius 3 is 3.00 bits per heavy atom. The Hall–Kier alpha value is -0.320. The van der Waals surface area contributed by atoms with Crippen molar-refractivity contribution in [3.8, 4) is 0 Å². The van der Waals surface area contributed by atoms with Crippen molar-refractivity contribution in [2.75, 3.05) is 19.8 Å². The largest absolute Gasteiger partial charge is 0.387 e. The number of hydrogen-bond acceptors (Lipinski definition) is 3. The molecule has 0 radical (unpaired) electrons. The highest BCUT2D eigenvalue weighted by Gasteiger charge is 2.17. The van der Waals surface area contributed by atoms with Crippen LogP contribution >= 0.6 is 23.2 Å². The van der Waals surface area contributed by atoms with E-state index in [1.807, 2.05) is 0 Å². The molecular formula is C13H17Cl2NO2. The fourth-order valence-corrected chi connectivity index (χ4v) is 2.48. The smallest absolute Gasteiger partial charge is 0.0929 e. The number of aliphatic hydroxyl groups excluding tert-OH is 1. The molecule has 2 atom stereocenters. The van der Waals surface area contributed by atoms with Crippen LogP contribution in [0.4, 0.5) is 0 Å². The summed E-state index contributed by atoms with van der Waals surface area (Å²) in [5.74, 6) is 0. The van der Waals surface area contributed by atoms with E-state index in [1.165, 1.54) is 0 Å². The van der Waals surface area contributed by atoms with Gasteiger partial charge in [0.05, 0.1) is 12.7 Å². The lowest BCUT2D eigenvalue weighted by atomic mass is 10.1. The lowest BCUT2D eigenvalue weighted by molar-refractivity contribution is 0.0639. The molecule has 3 nitrogen and oxygen atoms in total. The highest BCUT2D eigenvalue weighted by molar-refractivity contribution is 6.33. The minimum Gasteiger partial charge on any atom is -0.387 e. The molecule has 1 aliphatic rings. The number of hydrogen-bond donors (Lipinski definition) is 2. The molecule has 2 N–H and O–H groups in total. The highest BCUT2D eigenvalue weighted by atomic mass is 35.5. The van der Waals surface area contributed by atoms with E-state index in [0.717, 1.165) is 19.4 Å². The van der Waals surface area contributed by atoms with Crippen molar-refractivity contribution in [2.24, 2.45) is 0 Å². The Bertz CT molecular complexity index is 395. The number of ether oxygens (including phenoxy) is 1. The summed E-state index contributed by atoms with van der Waals surface area (Å²) in [5.41, 5.74) is 0.661. The van der Waals surface area contributed by atoms with Gasteiger partial charge in [-0.3, -0.25) is 0 Å². The molecule has 0 bridgehead atoms. The molecule has 2 unspecified atom stereocenters. The van der Waals surface area contributed by atoms with E-state index in [2.05, 4.69) is 5.32 Å². The summed E-state index contributed by atoms with van der Waals surface area (Å²) >= 11 is 11.9. The number of halogens is 2. The molecule has 2 rings (SSSR count). The van der Waals surface area contributed by atoms with E-state index < -0.39 is 6.10 Å². The first-order chi connectivity index (χ1) is 8.66.